The Bertz CT molecular complexity index is 641. The van der Waals surface area contributed by atoms with E-state index in [-0.39, 0.29) is 11.1 Å². The molecule has 0 aromatic heterocycles. The fraction of sp³-hybridized carbons (Fsp3) is 0.300. The van der Waals surface area contributed by atoms with Crippen LogP contribution >= 0.6 is 0 Å². The molecule has 0 aliphatic rings. The first-order chi connectivity index (χ1) is 11.4. The van der Waals surface area contributed by atoms with Crippen molar-refractivity contribution in [3.63, 3.8) is 0 Å². The zero-order chi connectivity index (χ0) is 18.9. The van der Waals surface area contributed by atoms with Crippen molar-refractivity contribution < 1.29 is 19.8 Å². The van der Waals surface area contributed by atoms with Gasteiger partial charge in [-0.3, -0.25) is 0 Å². The lowest BCUT2D eigenvalue weighted by Gasteiger charge is -2.11. The standard InChI is InChI=1S/C16H14O4.2C2H6/c1-9-7-11(15(17)18)3-5-13(9)14-6-4-12(16(19)20)8-10(14)2;2*1-2/h3-8H,1-2H3,(H,17,18)(H,19,20);2*1-2H3. The van der Waals surface area contributed by atoms with Gasteiger partial charge in [0.1, 0.15) is 0 Å². The Kier molecular flexibility index (Phi) is 9.10. The molecular formula is C20H26O4. The Morgan fingerprint density at radius 1 is 0.667 bits per heavy atom. The second kappa shape index (κ2) is 10.2. The average Bonchev–Trinajstić information content (AvgIpc) is 2.58. The van der Waals surface area contributed by atoms with Gasteiger partial charge in [0.15, 0.2) is 0 Å². The number of carboxylic acids is 2. The molecule has 0 atom stereocenters. The van der Waals surface area contributed by atoms with E-state index >= 15 is 0 Å². The highest BCUT2D eigenvalue weighted by Crippen LogP contribution is 2.28. The molecule has 4 nitrogen and oxygen atoms in total. The highest BCUT2D eigenvalue weighted by Gasteiger charge is 2.11. The van der Waals surface area contributed by atoms with E-state index in [1.54, 1.807) is 36.4 Å². The Balaban J connectivity index is 0.00000123. The van der Waals surface area contributed by atoms with E-state index in [0.29, 0.717) is 0 Å². The third-order valence-corrected chi connectivity index (χ3v) is 3.24. The van der Waals surface area contributed by atoms with Gasteiger partial charge in [0.25, 0.3) is 0 Å². The SMILES string of the molecule is CC.CC.Cc1cc(C(=O)O)ccc1-c1ccc(C(=O)O)cc1C. The molecule has 0 saturated heterocycles. The van der Waals surface area contributed by atoms with Gasteiger partial charge in [-0.15, -0.1) is 0 Å². The average molecular weight is 330 g/mol. The summed E-state index contributed by atoms with van der Waals surface area (Å²) in [6, 6.07) is 9.83. The summed E-state index contributed by atoms with van der Waals surface area (Å²) in [5, 5.41) is 17.9. The molecule has 24 heavy (non-hydrogen) atoms. The molecule has 0 heterocycles. The molecule has 2 aromatic rings. The van der Waals surface area contributed by atoms with Gasteiger partial charge in [-0.2, -0.15) is 0 Å². The summed E-state index contributed by atoms with van der Waals surface area (Å²) >= 11 is 0. The number of hydrogen-bond donors (Lipinski definition) is 2. The second-order valence-corrected chi connectivity index (χ2v) is 4.67. The zero-order valence-corrected chi connectivity index (χ0v) is 15.2. The summed E-state index contributed by atoms with van der Waals surface area (Å²) in [5.74, 6) is -1.92. The lowest BCUT2D eigenvalue weighted by Crippen LogP contribution is -1.99. The van der Waals surface area contributed by atoms with Crippen LogP contribution in [0.3, 0.4) is 0 Å². The first-order valence-corrected chi connectivity index (χ1v) is 8.08. The molecule has 0 saturated carbocycles. The lowest BCUT2D eigenvalue weighted by atomic mass is 9.94. The highest BCUT2D eigenvalue weighted by molar-refractivity contribution is 5.90. The van der Waals surface area contributed by atoms with Crippen LogP contribution in [-0.4, -0.2) is 22.2 Å². The van der Waals surface area contributed by atoms with E-state index in [9.17, 15) is 9.59 Å². The van der Waals surface area contributed by atoms with Crippen LogP contribution in [0.4, 0.5) is 0 Å². The zero-order valence-electron chi connectivity index (χ0n) is 15.2. The van der Waals surface area contributed by atoms with Crippen molar-refractivity contribution in [2.45, 2.75) is 41.5 Å². The minimum Gasteiger partial charge on any atom is -0.478 e. The first-order valence-electron chi connectivity index (χ1n) is 8.08. The maximum absolute atomic E-state index is 10.9. The van der Waals surface area contributed by atoms with E-state index < -0.39 is 11.9 Å². The van der Waals surface area contributed by atoms with Gasteiger partial charge >= 0.3 is 11.9 Å². The maximum Gasteiger partial charge on any atom is 0.335 e. The van der Waals surface area contributed by atoms with E-state index in [4.69, 9.17) is 10.2 Å². The largest absolute Gasteiger partial charge is 0.478 e. The number of benzene rings is 2. The lowest BCUT2D eigenvalue weighted by molar-refractivity contribution is 0.0686. The van der Waals surface area contributed by atoms with Gasteiger partial charge in [-0.05, 0) is 60.4 Å². The summed E-state index contributed by atoms with van der Waals surface area (Å²) in [5.41, 5.74) is 3.98. The Labute approximate surface area is 143 Å². The molecule has 0 aliphatic carbocycles. The summed E-state index contributed by atoms with van der Waals surface area (Å²) in [6.07, 6.45) is 0. The fourth-order valence-electron chi connectivity index (χ4n) is 2.20. The van der Waals surface area contributed by atoms with Crippen LogP contribution in [0.15, 0.2) is 36.4 Å². The Morgan fingerprint density at radius 3 is 1.17 bits per heavy atom. The monoisotopic (exact) mass is 330 g/mol. The smallest absolute Gasteiger partial charge is 0.335 e. The van der Waals surface area contributed by atoms with Crippen LogP contribution < -0.4 is 0 Å². The van der Waals surface area contributed by atoms with Crippen molar-refractivity contribution in [2.75, 3.05) is 0 Å². The molecule has 0 amide bonds. The number of carbonyl (C=O) groups is 2. The van der Waals surface area contributed by atoms with Crippen molar-refractivity contribution in [1.29, 1.82) is 0 Å². The third kappa shape index (κ3) is 5.23. The van der Waals surface area contributed by atoms with Crippen molar-refractivity contribution in [3.8, 4) is 11.1 Å². The summed E-state index contributed by atoms with van der Waals surface area (Å²) in [7, 11) is 0. The molecule has 130 valence electrons. The molecule has 0 fully saturated rings. The first kappa shape index (κ1) is 21.4. The topological polar surface area (TPSA) is 74.6 Å². The van der Waals surface area contributed by atoms with Crippen molar-refractivity contribution in [1.82, 2.24) is 0 Å². The molecule has 2 aromatic carbocycles. The van der Waals surface area contributed by atoms with Gasteiger partial charge < -0.3 is 10.2 Å². The normalized spacial score (nSPS) is 9.08. The van der Waals surface area contributed by atoms with E-state index in [2.05, 4.69) is 0 Å². The van der Waals surface area contributed by atoms with Gasteiger partial charge in [-0.1, -0.05) is 39.8 Å². The quantitative estimate of drug-likeness (QED) is 0.788. The fourth-order valence-corrected chi connectivity index (χ4v) is 2.20. The van der Waals surface area contributed by atoms with Crippen LogP contribution in [0.1, 0.15) is 59.5 Å². The molecule has 4 heteroatoms. The summed E-state index contributed by atoms with van der Waals surface area (Å²) in [4.78, 5) is 21.8. The predicted octanol–water partition coefficient (Wildman–Crippen LogP) is 5.42. The van der Waals surface area contributed by atoms with E-state index in [1.165, 1.54) is 0 Å². The maximum atomic E-state index is 10.9. The van der Waals surface area contributed by atoms with Crippen molar-refractivity contribution in [3.05, 3.63) is 58.7 Å². The summed E-state index contributed by atoms with van der Waals surface area (Å²) < 4.78 is 0. The van der Waals surface area contributed by atoms with Crippen LogP contribution in [0, 0.1) is 13.8 Å². The molecule has 2 rings (SSSR count). The van der Waals surface area contributed by atoms with Crippen molar-refractivity contribution >= 4 is 11.9 Å². The molecule has 0 unspecified atom stereocenters. The summed E-state index contributed by atoms with van der Waals surface area (Å²) in [6.45, 7) is 11.7. The molecule has 0 spiro atoms. The molecule has 2 N–H and O–H groups in total. The van der Waals surface area contributed by atoms with Crippen LogP contribution in [0.2, 0.25) is 0 Å². The molecule has 0 bridgehead atoms. The minimum atomic E-state index is -0.961. The molecular weight excluding hydrogens is 304 g/mol. The van der Waals surface area contributed by atoms with Gasteiger partial charge in [0.05, 0.1) is 11.1 Å². The van der Waals surface area contributed by atoms with Gasteiger partial charge in [0.2, 0.25) is 0 Å². The second-order valence-electron chi connectivity index (χ2n) is 4.67. The van der Waals surface area contributed by atoms with Gasteiger partial charge in [0, 0.05) is 0 Å². The van der Waals surface area contributed by atoms with Crippen LogP contribution in [0.25, 0.3) is 11.1 Å². The number of aromatic carboxylic acids is 2. The predicted molar refractivity (Wildman–Crippen MR) is 98.0 cm³/mol. The molecule has 0 radical (unpaired) electrons. The van der Waals surface area contributed by atoms with Crippen LogP contribution in [0.5, 0.6) is 0 Å². The number of aryl methyl sites for hydroxylation is 2. The Hall–Kier alpha value is -2.62. The number of carboxylic acid groups (broad SMARTS) is 2. The number of rotatable bonds is 3. The third-order valence-electron chi connectivity index (χ3n) is 3.24. The minimum absolute atomic E-state index is 0.242. The highest BCUT2D eigenvalue weighted by atomic mass is 16.4. The van der Waals surface area contributed by atoms with E-state index in [0.717, 1.165) is 22.3 Å². The number of hydrogen-bond acceptors (Lipinski definition) is 2. The Morgan fingerprint density at radius 2 is 0.958 bits per heavy atom. The molecule has 0 aliphatic heterocycles. The van der Waals surface area contributed by atoms with Crippen molar-refractivity contribution in [2.24, 2.45) is 0 Å². The van der Waals surface area contributed by atoms with Crippen LogP contribution in [-0.2, 0) is 0 Å². The van der Waals surface area contributed by atoms with Gasteiger partial charge in [-0.25, -0.2) is 9.59 Å². The van der Waals surface area contributed by atoms with E-state index in [1.807, 2.05) is 41.5 Å².